The maximum atomic E-state index is 11.7. The molecule has 3 atom stereocenters. The fraction of sp³-hybridized carbons (Fsp3) is 0.455. The van der Waals surface area contributed by atoms with Crippen LogP contribution in [0, 0.1) is 0 Å². The lowest BCUT2D eigenvalue weighted by molar-refractivity contribution is -0.0459. The lowest BCUT2D eigenvalue weighted by Crippen LogP contribution is -2.33. The first-order chi connectivity index (χ1) is 9.06. The molecule has 1 fully saturated rings. The number of aliphatic hydroxyl groups excluding tert-OH is 2. The minimum atomic E-state index is -0.844. The molecule has 1 aliphatic rings. The Morgan fingerprint density at radius 3 is 2.89 bits per heavy atom. The summed E-state index contributed by atoms with van der Waals surface area (Å²) in [6.07, 6.45) is 0.746. The second-order valence-corrected chi connectivity index (χ2v) is 4.69. The molecule has 2 heterocycles. The molecule has 0 aromatic carbocycles. The maximum absolute atomic E-state index is 11.7. The molecule has 0 spiro atoms. The lowest BCUT2D eigenvalue weighted by atomic mass is 10.2. The first kappa shape index (κ1) is 14.2. The highest BCUT2D eigenvalue weighted by molar-refractivity contribution is 9.11. The molecule has 7 nitrogen and oxygen atoms in total. The molecule has 19 heavy (non-hydrogen) atoms. The summed E-state index contributed by atoms with van der Waals surface area (Å²) in [5, 5.41) is 18.7. The number of halogens is 1. The van der Waals surface area contributed by atoms with E-state index in [0.717, 1.165) is 0 Å². The summed E-state index contributed by atoms with van der Waals surface area (Å²) in [7, 11) is 0. The fourth-order valence-corrected chi connectivity index (χ4v) is 2.24. The molecule has 1 aliphatic heterocycles. The maximum Gasteiger partial charge on any atom is 0.330 e. The molecular weight excluding hydrogens is 320 g/mol. The van der Waals surface area contributed by atoms with Gasteiger partial charge < -0.3 is 14.9 Å². The van der Waals surface area contributed by atoms with Crippen LogP contribution in [0.5, 0.6) is 0 Å². The van der Waals surface area contributed by atoms with Gasteiger partial charge in [-0.15, -0.1) is 0 Å². The van der Waals surface area contributed by atoms with E-state index in [9.17, 15) is 14.7 Å². The van der Waals surface area contributed by atoms with E-state index in [1.807, 2.05) is 0 Å². The SMILES string of the molecule is O=c1[nH]c(=O)n([C@@H]2C[C@H](O)[C@H](CO)O2)cc1C=CBr. The third-order valence-electron chi connectivity index (χ3n) is 2.93. The topological polar surface area (TPSA) is 105 Å². The summed E-state index contributed by atoms with van der Waals surface area (Å²) in [5.41, 5.74) is -0.844. The van der Waals surface area contributed by atoms with Gasteiger partial charge in [-0.05, 0) is 11.1 Å². The van der Waals surface area contributed by atoms with Crippen molar-refractivity contribution in [3.05, 3.63) is 37.6 Å². The van der Waals surface area contributed by atoms with Crippen LogP contribution >= 0.6 is 15.9 Å². The van der Waals surface area contributed by atoms with Crippen LogP contribution in [0.15, 0.2) is 20.8 Å². The second-order valence-electron chi connectivity index (χ2n) is 4.16. The van der Waals surface area contributed by atoms with Crippen LogP contribution in [-0.2, 0) is 4.74 Å². The van der Waals surface area contributed by atoms with E-state index in [1.165, 1.54) is 21.8 Å². The molecule has 0 bridgehead atoms. The molecule has 1 saturated heterocycles. The molecule has 3 N–H and O–H groups in total. The van der Waals surface area contributed by atoms with Crippen LogP contribution in [0.2, 0.25) is 0 Å². The molecule has 2 rings (SSSR count). The zero-order valence-electron chi connectivity index (χ0n) is 9.82. The summed E-state index contributed by atoms with van der Waals surface area (Å²) in [6.45, 7) is -0.329. The standard InChI is InChI=1S/C11H13BrN2O5/c12-2-1-6-4-14(11(18)13-10(6)17)9-3-7(16)8(5-15)19-9/h1-2,4,7-9,15-16H,3,5H2,(H,13,17,18)/t7-,8-,9-/m0/s1. The monoisotopic (exact) mass is 332 g/mol. The number of nitrogens with one attached hydrogen (secondary N) is 1. The largest absolute Gasteiger partial charge is 0.394 e. The molecular formula is C11H13BrN2O5. The van der Waals surface area contributed by atoms with Crippen LogP contribution in [0.4, 0.5) is 0 Å². The van der Waals surface area contributed by atoms with E-state index in [-0.39, 0.29) is 18.6 Å². The van der Waals surface area contributed by atoms with Gasteiger partial charge in [-0.2, -0.15) is 0 Å². The second kappa shape index (κ2) is 5.83. The summed E-state index contributed by atoms with van der Waals surface area (Å²) in [4.78, 5) is 26.9. The molecule has 104 valence electrons. The Kier molecular flexibility index (Phi) is 4.35. The predicted molar refractivity (Wildman–Crippen MR) is 70.9 cm³/mol. The van der Waals surface area contributed by atoms with Crippen LogP contribution in [0.25, 0.3) is 6.08 Å². The van der Waals surface area contributed by atoms with E-state index < -0.39 is 29.7 Å². The van der Waals surface area contributed by atoms with Crippen molar-refractivity contribution in [1.29, 1.82) is 0 Å². The van der Waals surface area contributed by atoms with Gasteiger partial charge in [0, 0.05) is 12.6 Å². The van der Waals surface area contributed by atoms with Crippen LogP contribution in [0.3, 0.4) is 0 Å². The Balaban J connectivity index is 2.38. The first-order valence-corrected chi connectivity index (χ1v) is 6.55. The highest BCUT2D eigenvalue weighted by Gasteiger charge is 2.35. The summed E-state index contributed by atoms with van der Waals surface area (Å²) in [6, 6.07) is 0. The van der Waals surface area contributed by atoms with E-state index in [0.29, 0.717) is 0 Å². The van der Waals surface area contributed by atoms with Crippen molar-refractivity contribution >= 4 is 22.0 Å². The van der Waals surface area contributed by atoms with Gasteiger partial charge in [-0.25, -0.2) is 4.79 Å². The highest BCUT2D eigenvalue weighted by atomic mass is 79.9. The van der Waals surface area contributed by atoms with E-state index in [2.05, 4.69) is 20.9 Å². The number of H-pyrrole nitrogens is 1. The van der Waals surface area contributed by atoms with Gasteiger partial charge in [0.25, 0.3) is 5.56 Å². The van der Waals surface area contributed by atoms with Crippen molar-refractivity contribution in [2.75, 3.05) is 6.61 Å². The number of ether oxygens (including phenoxy) is 1. The lowest BCUT2D eigenvalue weighted by Gasteiger charge is -2.14. The average molecular weight is 333 g/mol. The van der Waals surface area contributed by atoms with Gasteiger partial charge in [-0.3, -0.25) is 14.3 Å². The number of aliphatic hydroxyl groups is 2. The molecule has 8 heteroatoms. The number of hydrogen-bond acceptors (Lipinski definition) is 5. The van der Waals surface area contributed by atoms with Crippen molar-refractivity contribution in [1.82, 2.24) is 9.55 Å². The quantitative estimate of drug-likeness (QED) is 0.695. The van der Waals surface area contributed by atoms with Gasteiger partial charge >= 0.3 is 5.69 Å². The first-order valence-electron chi connectivity index (χ1n) is 5.63. The Bertz CT molecular complexity index is 593. The molecule has 0 aliphatic carbocycles. The van der Waals surface area contributed by atoms with E-state index >= 15 is 0 Å². The zero-order valence-corrected chi connectivity index (χ0v) is 11.4. The van der Waals surface area contributed by atoms with Crippen molar-refractivity contribution in [3.8, 4) is 0 Å². The molecule has 1 aromatic heterocycles. The number of aromatic amines is 1. The van der Waals surface area contributed by atoms with Crippen LogP contribution in [-0.4, -0.2) is 38.6 Å². The van der Waals surface area contributed by atoms with Crippen molar-refractivity contribution < 1.29 is 14.9 Å². The van der Waals surface area contributed by atoms with Crippen LogP contribution < -0.4 is 11.2 Å². The van der Waals surface area contributed by atoms with Gasteiger partial charge in [0.15, 0.2) is 0 Å². The van der Waals surface area contributed by atoms with Gasteiger partial charge in [0.2, 0.25) is 0 Å². The van der Waals surface area contributed by atoms with Crippen molar-refractivity contribution in [3.63, 3.8) is 0 Å². The minimum absolute atomic E-state index is 0.175. The average Bonchev–Trinajstić information content (AvgIpc) is 2.74. The normalized spacial score (nSPS) is 27.2. The highest BCUT2D eigenvalue weighted by Crippen LogP contribution is 2.27. The molecule has 0 radical (unpaired) electrons. The Morgan fingerprint density at radius 1 is 1.58 bits per heavy atom. The van der Waals surface area contributed by atoms with Crippen molar-refractivity contribution in [2.24, 2.45) is 0 Å². The van der Waals surface area contributed by atoms with Crippen molar-refractivity contribution in [2.45, 2.75) is 24.9 Å². The molecule has 0 amide bonds. The number of aromatic nitrogens is 2. The molecule has 0 unspecified atom stereocenters. The Hall–Kier alpha value is -1.22. The minimum Gasteiger partial charge on any atom is -0.394 e. The van der Waals surface area contributed by atoms with Gasteiger partial charge in [0.05, 0.1) is 18.3 Å². The van der Waals surface area contributed by atoms with Gasteiger partial charge in [-0.1, -0.05) is 15.9 Å². The fourth-order valence-electron chi connectivity index (χ4n) is 1.95. The summed E-state index contributed by atoms with van der Waals surface area (Å²) < 4.78 is 6.56. The third-order valence-corrected chi connectivity index (χ3v) is 3.20. The van der Waals surface area contributed by atoms with Gasteiger partial charge in [0.1, 0.15) is 12.3 Å². The third kappa shape index (κ3) is 2.86. The molecule has 0 saturated carbocycles. The number of hydrogen-bond donors (Lipinski definition) is 3. The Labute approximate surface area is 116 Å². The summed E-state index contributed by atoms with van der Waals surface area (Å²) >= 11 is 3.05. The zero-order chi connectivity index (χ0) is 14.0. The van der Waals surface area contributed by atoms with Crippen LogP contribution in [0.1, 0.15) is 18.2 Å². The number of rotatable bonds is 3. The predicted octanol–water partition coefficient (Wildman–Crippen LogP) is -0.457. The van der Waals surface area contributed by atoms with E-state index in [4.69, 9.17) is 9.84 Å². The number of nitrogens with zero attached hydrogens (tertiary/aromatic N) is 1. The molecule has 1 aromatic rings. The summed E-state index contributed by atoms with van der Waals surface area (Å²) in [5.74, 6) is 0. The van der Waals surface area contributed by atoms with E-state index in [1.54, 1.807) is 0 Å². The smallest absolute Gasteiger partial charge is 0.330 e. The Morgan fingerprint density at radius 2 is 2.32 bits per heavy atom.